The molecular formula is C7H11NO3. The normalized spacial score (nSPS) is 22.5. The number of ether oxygens (including phenoxy) is 1. The molecule has 0 radical (unpaired) electrons. The molecular weight excluding hydrogens is 146 g/mol. The van der Waals surface area contributed by atoms with Crippen molar-refractivity contribution in [3.63, 3.8) is 0 Å². The second-order valence-electron chi connectivity index (χ2n) is 2.81. The zero-order valence-electron chi connectivity index (χ0n) is 6.59. The quantitative estimate of drug-likeness (QED) is 0.447. The highest BCUT2D eigenvalue weighted by Crippen LogP contribution is 2.06. The zero-order chi connectivity index (χ0) is 8.43. The Morgan fingerprint density at radius 2 is 2.27 bits per heavy atom. The summed E-state index contributed by atoms with van der Waals surface area (Å²) in [5.74, 6) is -0.421. The van der Waals surface area contributed by atoms with Gasteiger partial charge in [-0.05, 0) is 13.8 Å². The summed E-state index contributed by atoms with van der Waals surface area (Å²) in [6.45, 7) is 3.55. The number of rotatable bonds is 2. The highest BCUT2D eigenvalue weighted by atomic mass is 16.5. The Balaban J connectivity index is 2.26. The Morgan fingerprint density at radius 3 is 2.64 bits per heavy atom. The van der Waals surface area contributed by atoms with E-state index in [-0.39, 0.29) is 24.4 Å². The summed E-state index contributed by atoms with van der Waals surface area (Å²) < 4.78 is 4.85. The van der Waals surface area contributed by atoms with Crippen LogP contribution in [0.15, 0.2) is 0 Å². The summed E-state index contributed by atoms with van der Waals surface area (Å²) in [4.78, 5) is 21.3. The number of esters is 1. The van der Waals surface area contributed by atoms with E-state index in [1.54, 1.807) is 13.8 Å². The van der Waals surface area contributed by atoms with Crippen molar-refractivity contribution >= 4 is 11.9 Å². The Bertz CT molecular complexity index is 180. The summed E-state index contributed by atoms with van der Waals surface area (Å²) >= 11 is 0. The lowest BCUT2D eigenvalue weighted by atomic mass is 10.1. The minimum atomic E-state index is -0.398. The van der Waals surface area contributed by atoms with Gasteiger partial charge in [0.1, 0.15) is 6.04 Å². The van der Waals surface area contributed by atoms with Gasteiger partial charge in [0.25, 0.3) is 0 Å². The first kappa shape index (κ1) is 8.04. The summed E-state index contributed by atoms with van der Waals surface area (Å²) in [5, 5.41) is 2.43. The molecule has 0 aromatic heterocycles. The number of β-lactam (4-membered cyclic amide) rings is 1. The first-order valence-corrected chi connectivity index (χ1v) is 3.59. The molecule has 0 saturated carbocycles. The number of carbonyl (C=O) groups is 2. The Labute approximate surface area is 64.9 Å². The molecule has 4 heteroatoms. The molecule has 1 aliphatic heterocycles. The van der Waals surface area contributed by atoms with Crippen molar-refractivity contribution < 1.29 is 14.3 Å². The molecule has 0 bridgehead atoms. The smallest absolute Gasteiger partial charge is 0.329 e. The summed E-state index contributed by atoms with van der Waals surface area (Å²) in [6.07, 6.45) is 0.158. The van der Waals surface area contributed by atoms with Crippen LogP contribution in [0.2, 0.25) is 0 Å². The van der Waals surface area contributed by atoms with Crippen molar-refractivity contribution in [2.45, 2.75) is 32.4 Å². The minimum absolute atomic E-state index is 0.0873. The fourth-order valence-corrected chi connectivity index (χ4v) is 0.815. The van der Waals surface area contributed by atoms with E-state index in [0.717, 1.165) is 0 Å². The highest BCUT2D eigenvalue weighted by molar-refractivity contribution is 5.94. The van der Waals surface area contributed by atoms with Crippen molar-refractivity contribution in [1.82, 2.24) is 5.32 Å². The van der Waals surface area contributed by atoms with Crippen LogP contribution in [-0.2, 0) is 14.3 Å². The highest BCUT2D eigenvalue weighted by Gasteiger charge is 2.33. The van der Waals surface area contributed by atoms with Gasteiger partial charge in [-0.1, -0.05) is 0 Å². The average Bonchev–Trinajstić information content (AvgIpc) is 1.79. The Morgan fingerprint density at radius 1 is 1.73 bits per heavy atom. The van der Waals surface area contributed by atoms with E-state index in [2.05, 4.69) is 5.32 Å². The second kappa shape index (κ2) is 2.90. The SMILES string of the molecule is CC(C)OC(=O)[C@@H]1CC(=O)N1. The molecule has 0 spiro atoms. The van der Waals surface area contributed by atoms with Gasteiger partial charge in [0.05, 0.1) is 12.5 Å². The third kappa shape index (κ3) is 1.93. The molecule has 4 nitrogen and oxygen atoms in total. The molecule has 0 unspecified atom stereocenters. The van der Waals surface area contributed by atoms with Gasteiger partial charge in [-0.15, -0.1) is 0 Å². The molecule has 1 atom stereocenters. The standard InChI is InChI=1S/C7H11NO3/c1-4(2)11-7(10)5-3-6(9)8-5/h4-5H,3H2,1-2H3,(H,8,9)/t5-/m0/s1. The molecule has 0 aromatic rings. The lowest BCUT2D eigenvalue weighted by Gasteiger charge is -2.25. The number of hydrogen-bond donors (Lipinski definition) is 1. The molecule has 1 fully saturated rings. The van der Waals surface area contributed by atoms with E-state index in [9.17, 15) is 9.59 Å². The fourth-order valence-electron chi connectivity index (χ4n) is 0.815. The van der Waals surface area contributed by atoms with Gasteiger partial charge in [-0.2, -0.15) is 0 Å². The van der Waals surface area contributed by atoms with Crippen LogP contribution in [0.25, 0.3) is 0 Å². The predicted molar refractivity (Wildman–Crippen MR) is 37.8 cm³/mol. The van der Waals surface area contributed by atoms with Gasteiger partial charge in [0.15, 0.2) is 0 Å². The van der Waals surface area contributed by atoms with Gasteiger partial charge in [0.2, 0.25) is 5.91 Å². The number of nitrogens with one attached hydrogen (secondary N) is 1. The summed E-state index contributed by atoms with van der Waals surface area (Å²) in [6, 6.07) is -0.398. The molecule has 1 saturated heterocycles. The largest absolute Gasteiger partial charge is 0.461 e. The van der Waals surface area contributed by atoms with E-state index in [1.165, 1.54) is 0 Å². The third-order valence-electron chi connectivity index (χ3n) is 1.36. The van der Waals surface area contributed by atoms with Crippen LogP contribution >= 0.6 is 0 Å². The molecule has 11 heavy (non-hydrogen) atoms. The van der Waals surface area contributed by atoms with Crippen LogP contribution in [0.3, 0.4) is 0 Å². The van der Waals surface area contributed by atoms with Crippen LogP contribution in [-0.4, -0.2) is 24.0 Å². The van der Waals surface area contributed by atoms with Crippen molar-refractivity contribution in [3.05, 3.63) is 0 Å². The van der Waals surface area contributed by atoms with Crippen LogP contribution in [0, 0.1) is 0 Å². The van der Waals surface area contributed by atoms with E-state index in [0.29, 0.717) is 0 Å². The van der Waals surface area contributed by atoms with Crippen molar-refractivity contribution in [2.24, 2.45) is 0 Å². The Kier molecular flexibility index (Phi) is 2.12. The number of amides is 1. The number of hydrogen-bond acceptors (Lipinski definition) is 3. The molecule has 0 aromatic carbocycles. The van der Waals surface area contributed by atoms with E-state index in [4.69, 9.17) is 4.74 Å². The molecule has 1 aliphatic rings. The van der Waals surface area contributed by atoms with Crippen LogP contribution in [0.4, 0.5) is 0 Å². The third-order valence-corrected chi connectivity index (χ3v) is 1.36. The maximum absolute atomic E-state index is 10.9. The second-order valence-corrected chi connectivity index (χ2v) is 2.81. The number of carbonyl (C=O) groups excluding carboxylic acids is 2. The molecule has 1 amide bonds. The molecule has 0 aliphatic carbocycles. The maximum atomic E-state index is 10.9. The van der Waals surface area contributed by atoms with E-state index in [1.807, 2.05) is 0 Å². The van der Waals surface area contributed by atoms with Crippen LogP contribution < -0.4 is 5.32 Å². The monoisotopic (exact) mass is 157 g/mol. The predicted octanol–water partition coefficient (Wildman–Crippen LogP) is -0.173. The molecule has 62 valence electrons. The topological polar surface area (TPSA) is 55.4 Å². The van der Waals surface area contributed by atoms with E-state index < -0.39 is 6.04 Å². The van der Waals surface area contributed by atoms with Gasteiger partial charge in [-0.25, -0.2) is 4.79 Å². The first-order valence-electron chi connectivity index (χ1n) is 3.59. The minimum Gasteiger partial charge on any atom is -0.461 e. The molecule has 1 N–H and O–H groups in total. The Hall–Kier alpha value is -1.06. The lowest BCUT2D eigenvalue weighted by molar-refractivity contribution is -0.156. The van der Waals surface area contributed by atoms with E-state index >= 15 is 0 Å². The summed E-state index contributed by atoms with van der Waals surface area (Å²) in [5.41, 5.74) is 0. The molecule has 1 rings (SSSR count). The maximum Gasteiger partial charge on any atom is 0.329 e. The van der Waals surface area contributed by atoms with Gasteiger partial charge in [-0.3, -0.25) is 4.79 Å². The lowest BCUT2D eigenvalue weighted by Crippen LogP contribution is -2.54. The molecule has 1 heterocycles. The van der Waals surface area contributed by atoms with Gasteiger partial charge < -0.3 is 10.1 Å². The van der Waals surface area contributed by atoms with Crippen molar-refractivity contribution in [1.29, 1.82) is 0 Å². The zero-order valence-corrected chi connectivity index (χ0v) is 6.59. The van der Waals surface area contributed by atoms with Gasteiger partial charge in [0, 0.05) is 0 Å². The van der Waals surface area contributed by atoms with Crippen molar-refractivity contribution in [3.8, 4) is 0 Å². The van der Waals surface area contributed by atoms with Crippen molar-refractivity contribution in [2.75, 3.05) is 0 Å². The van der Waals surface area contributed by atoms with Crippen LogP contribution in [0.5, 0.6) is 0 Å². The fraction of sp³-hybridized carbons (Fsp3) is 0.714. The average molecular weight is 157 g/mol. The first-order chi connectivity index (χ1) is 5.09. The van der Waals surface area contributed by atoms with Gasteiger partial charge >= 0.3 is 5.97 Å². The summed E-state index contributed by atoms with van der Waals surface area (Å²) in [7, 11) is 0. The van der Waals surface area contributed by atoms with Crippen LogP contribution in [0.1, 0.15) is 20.3 Å².